The van der Waals surface area contributed by atoms with Crippen LogP contribution in [0.1, 0.15) is 11.1 Å². The van der Waals surface area contributed by atoms with Crippen LogP contribution in [0.4, 0.5) is 0 Å². The maximum absolute atomic E-state index is 10.8. The van der Waals surface area contributed by atoms with Gasteiger partial charge in [0.1, 0.15) is 11.6 Å². The normalized spacial score (nSPS) is 11.2. The molecule has 0 saturated heterocycles. The van der Waals surface area contributed by atoms with Crippen LogP contribution in [0.25, 0.3) is 50.5 Å². The smallest absolute Gasteiger partial charge is 0.149 e. The monoisotopic (exact) mass is 467 g/mol. The molecule has 0 bridgehead atoms. The second kappa shape index (κ2) is 8.82. The molecule has 2 heterocycles. The van der Waals surface area contributed by atoms with Gasteiger partial charge in [0, 0.05) is 17.3 Å². The average molecular weight is 468 g/mol. The Kier molecular flexibility index (Phi) is 5.34. The van der Waals surface area contributed by atoms with Crippen molar-refractivity contribution in [2.24, 2.45) is 0 Å². The standard InChI is InChI=1S/C32H25N3O/c1-21-10-7-11-22(2)31(21)35-28-17-9-15-25(30(28)34-32(35)26-14-3-4-18-29(26)36)23-12-8-13-24(20-23)27-16-5-6-19-33-27/h3-20,36H,1-2H3. The van der Waals surface area contributed by atoms with Crippen molar-refractivity contribution in [3.05, 3.63) is 120 Å². The van der Waals surface area contributed by atoms with E-state index in [0.29, 0.717) is 11.4 Å². The van der Waals surface area contributed by atoms with Crippen LogP contribution in [0.15, 0.2) is 109 Å². The summed E-state index contributed by atoms with van der Waals surface area (Å²) in [7, 11) is 0. The lowest BCUT2D eigenvalue weighted by Gasteiger charge is -2.16. The van der Waals surface area contributed by atoms with Gasteiger partial charge in [0.25, 0.3) is 0 Å². The van der Waals surface area contributed by atoms with Gasteiger partial charge in [-0.2, -0.15) is 0 Å². The number of para-hydroxylation sites is 3. The van der Waals surface area contributed by atoms with Crippen LogP contribution in [0, 0.1) is 13.8 Å². The van der Waals surface area contributed by atoms with E-state index in [1.165, 1.54) is 0 Å². The molecule has 0 atom stereocenters. The Morgan fingerprint density at radius 2 is 1.36 bits per heavy atom. The maximum Gasteiger partial charge on any atom is 0.149 e. The van der Waals surface area contributed by atoms with Gasteiger partial charge in [0.15, 0.2) is 0 Å². The third-order valence-corrected chi connectivity index (χ3v) is 6.63. The van der Waals surface area contributed by atoms with Gasteiger partial charge in [0.2, 0.25) is 0 Å². The lowest BCUT2D eigenvalue weighted by Crippen LogP contribution is -2.02. The zero-order chi connectivity index (χ0) is 24.6. The van der Waals surface area contributed by atoms with Crippen molar-refractivity contribution in [2.75, 3.05) is 0 Å². The van der Waals surface area contributed by atoms with Crippen LogP contribution in [-0.4, -0.2) is 19.6 Å². The number of aryl methyl sites for hydroxylation is 2. The fraction of sp³-hybridized carbons (Fsp3) is 0.0625. The highest BCUT2D eigenvalue weighted by molar-refractivity contribution is 5.96. The van der Waals surface area contributed by atoms with Gasteiger partial charge in [0.05, 0.1) is 28.0 Å². The molecule has 4 aromatic carbocycles. The Morgan fingerprint density at radius 1 is 0.667 bits per heavy atom. The lowest BCUT2D eigenvalue weighted by molar-refractivity contribution is 0.477. The van der Waals surface area contributed by atoms with Crippen molar-refractivity contribution < 1.29 is 5.11 Å². The number of hydrogen-bond donors (Lipinski definition) is 1. The van der Waals surface area contributed by atoms with E-state index in [1.54, 1.807) is 6.07 Å². The van der Waals surface area contributed by atoms with E-state index in [1.807, 2.05) is 42.6 Å². The summed E-state index contributed by atoms with van der Waals surface area (Å²) in [6.07, 6.45) is 1.81. The Hall–Kier alpha value is -4.70. The molecular weight excluding hydrogens is 442 g/mol. The van der Waals surface area contributed by atoms with Gasteiger partial charge in [-0.1, -0.05) is 66.7 Å². The van der Waals surface area contributed by atoms with Crippen LogP contribution in [-0.2, 0) is 0 Å². The van der Waals surface area contributed by atoms with Gasteiger partial charge >= 0.3 is 0 Å². The molecule has 4 heteroatoms. The molecular formula is C32H25N3O. The number of hydrogen-bond acceptors (Lipinski definition) is 3. The predicted octanol–water partition coefficient (Wildman–Crippen LogP) is 7.74. The number of imidazole rings is 1. The second-order valence-corrected chi connectivity index (χ2v) is 9.00. The molecule has 1 N–H and O–H groups in total. The summed E-state index contributed by atoms with van der Waals surface area (Å²) in [5, 5.41) is 10.8. The van der Waals surface area contributed by atoms with E-state index >= 15 is 0 Å². The number of aromatic hydroxyl groups is 1. The van der Waals surface area contributed by atoms with E-state index < -0.39 is 0 Å². The minimum absolute atomic E-state index is 0.207. The zero-order valence-electron chi connectivity index (χ0n) is 20.2. The molecule has 2 aromatic heterocycles. The van der Waals surface area contributed by atoms with Gasteiger partial charge in [-0.05, 0) is 66.9 Å². The molecule has 4 nitrogen and oxygen atoms in total. The Balaban J connectivity index is 1.65. The predicted molar refractivity (Wildman–Crippen MR) is 146 cm³/mol. The molecule has 36 heavy (non-hydrogen) atoms. The van der Waals surface area contributed by atoms with Crippen LogP contribution < -0.4 is 0 Å². The van der Waals surface area contributed by atoms with Gasteiger partial charge in [-0.3, -0.25) is 9.55 Å². The highest BCUT2D eigenvalue weighted by Gasteiger charge is 2.21. The summed E-state index contributed by atoms with van der Waals surface area (Å²) in [6.45, 7) is 4.23. The molecule has 0 aliphatic carbocycles. The third kappa shape index (κ3) is 3.64. The Morgan fingerprint density at radius 3 is 2.14 bits per heavy atom. The summed E-state index contributed by atoms with van der Waals surface area (Å²) in [4.78, 5) is 9.69. The molecule has 0 radical (unpaired) electrons. The molecule has 0 unspecified atom stereocenters. The number of aromatic nitrogens is 3. The number of phenolic OH excluding ortho intramolecular Hbond substituents is 1. The summed E-state index contributed by atoms with van der Waals surface area (Å²) in [5.41, 5.74) is 10.0. The number of pyridine rings is 1. The van der Waals surface area contributed by atoms with Crippen LogP contribution >= 0.6 is 0 Å². The minimum Gasteiger partial charge on any atom is -0.507 e. The Bertz CT molecular complexity index is 1700. The van der Waals surface area contributed by atoms with E-state index in [4.69, 9.17) is 4.98 Å². The molecule has 0 saturated carbocycles. The number of benzene rings is 4. The van der Waals surface area contributed by atoms with Crippen molar-refractivity contribution in [3.63, 3.8) is 0 Å². The topological polar surface area (TPSA) is 50.9 Å². The largest absolute Gasteiger partial charge is 0.507 e. The van der Waals surface area contributed by atoms with Crippen molar-refractivity contribution in [2.45, 2.75) is 13.8 Å². The first kappa shape index (κ1) is 21.8. The first-order chi connectivity index (χ1) is 17.6. The van der Waals surface area contributed by atoms with Crippen molar-refractivity contribution in [1.82, 2.24) is 14.5 Å². The highest BCUT2D eigenvalue weighted by atomic mass is 16.3. The molecule has 0 aliphatic heterocycles. The molecule has 6 rings (SSSR count). The molecule has 174 valence electrons. The summed E-state index contributed by atoms with van der Waals surface area (Å²) >= 11 is 0. The lowest BCUT2D eigenvalue weighted by atomic mass is 10.00. The molecule has 6 aromatic rings. The molecule has 0 fully saturated rings. The summed E-state index contributed by atoms with van der Waals surface area (Å²) in [5.74, 6) is 0.924. The van der Waals surface area contributed by atoms with Crippen LogP contribution in [0.2, 0.25) is 0 Å². The quantitative estimate of drug-likeness (QED) is 0.288. The maximum atomic E-state index is 10.8. The fourth-order valence-corrected chi connectivity index (χ4v) is 4.94. The van der Waals surface area contributed by atoms with Gasteiger partial charge < -0.3 is 5.11 Å². The summed E-state index contributed by atoms with van der Waals surface area (Å²) in [6, 6.07) is 34.3. The van der Waals surface area contributed by atoms with Crippen molar-refractivity contribution in [1.29, 1.82) is 0 Å². The second-order valence-electron chi connectivity index (χ2n) is 9.00. The SMILES string of the molecule is Cc1cccc(C)c1-n1c(-c2ccccc2O)nc2c(-c3cccc(-c4ccccn4)c3)cccc21. The van der Waals surface area contributed by atoms with Gasteiger partial charge in [-0.15, -0.1) is 0 Å². The third-order valence-electron chi connectivity index (χ3n) is 6.63. The number of rotatable bonds is 4. The van der Waals surface area contributed by atoms with Crippen molar-refractivity contribution in [3.8, 4) is 45.2 Å². The van der Waals surface area contributed by atoms with E-state index in [9.17, 15) is 5.11 Å². The molecule has 0 amide bonds. The minimum atomic E-state index is 0.207. The van der Waals surface area contributed by atoms with Crippen LogP contribution in [0.5, 0.6) is 5.75 Å². The number of phenols is 1. The van der Waals surface area contributed by atoms with Crippen molar-refractivity contribution >= 4 is 11.0 Å². The number of fused-ring (bicyclic) bond motifs is 1. The molecule has 0 aliphatic rings. The number of nitrogens with zero attached hydrogens (tertiary/aromatic N) is 3. The Labute approximate surface area is 210 Å². The van der Waals surface area contributed by atoms with E-state index in [0.717, 1.165) is 50.2 Å². The van der Waals surface area contributed by atoms with Crippen LogP contribution in [0.3, 0.4) is 0 Å². The highest BCUT2D eigenvalue weighted by Crippen LogP contribution is 2.39. The van der Waals surface area contributed by atoms with E-state index in [-0.39, 0.29) is 5.75 Å². The fourth-order valence-electron chi connectivity index (χ4n) is 4.94. The first-order valence-corrected chi connectivity index (χ1v) is 12.0. The molecule has 0 spiro atoms. The van der Waals surface area contributed by atoms with E-state index in [2.05, 4.69) is 84.1 Å². The average Bonchev–Trinajstić information content (AvgIpc) is 3.28. The summed E-state index contributed by atoms with van der Waals surface area (Å²) < 4.78 is 2.18. The van der Waals surface area contributed by atoms with Gasteiger partial charge in [-0.25, -0.2) is 4.98 Å². The first-order valence-electron chi connectivity index (χ1n) is 12.0. The zero-order valence-corrected chi connectivity index (χ0v) is 20.2.